The van der Waals surface area contributed by atoms with Crippen molar-refractivity contribution in [3.63, 3.8) is 0 Å². The molecule has 2 amide bonds. The maximum atomic E-state index is 12.8. The molecule has 2 heterocycles. The van der Waals surface area contributed by atoms with Gasteiger partial charge < -0.3 is 24.0 Å². The molecular weight excluding hydrogens is 384 g/mol. The molecule has 0 unspecified atom stereocenters. The summed E-state index contributed by atoms with van der Waals surface area (Å²) in [5, 5.41) is 0. The lowest BCUT2D eigenvalue weighted by atomic mass is 10.1. The third-order valence-corrected chi connectivity index (χ3v) is 5.43. The third-order valence-electron chi connectivity index (χ3n) is 5.43. The molecule has 0 atom stereocenters. The van der Waals surface area contributed by atoms with E-state index in [0.717, 1.165) is 11.3 Å². The third kappa shape index (κ3) is 4.50. The van der Waals surface area contributed by atoms with E-state index in [0.29, 0.717) is 62.7 Å². The van der Waals surface area contributed by atoms with E-state index < -0.39 is 0 Å². The van der Waals surface area contributed by atoms with E-state index in [1.54, 1.807) is 23.1 Å². The Balaban J connectivity index is 1.20. The maximum absolute atomic E-state index is 12.8. The van der Waals surface area contributed by atoms with Gasteiger partial charge in [0.1, 0.15) is 5.75 Å². The predicted octanol–water partition coefficient (Wildman–Crippen LogP) is 2.87. The fraction of sp³-hybridized carbons (Fsp3) is 0.391. The Morgan fingerprint density at radius 3 is 2.50 bits per heavy atom. The SMILES string of the molecule is Cc1ccccc1OCCCC(=O)N1CCN(C(=O)c2ccc3c(c2)OCO3)CC1. The molecule has 0 radical (unpaired) electrons. The molecule has 2 aliphatic heterocycles. The van der Waals surface area contributed by atoms with Gasteiger partial charge in [-0.05, 0) is 43.2 Å². The molecule has 158 valence electrons. The second-order valence-corrected chi connectivity index (χ2v) is 7.46. The molecule has 2 aliphatic rings. The van der Waals surface area contributed by atoms with Crippen molar-refractivity contribution in [2.75, 3.05) is 39.6 Å². The lowest BCUT2D eigenvalue weighted by Gasteiger charge is -2.35. The number of hydrogen-bond acceptors (Lipinski definition) is 5. The van der Waals surface area contributed by atoms with Crippen LogP contribution >= 0.6 is 0 Å². The van der Waals surface area contributed by atoms with Crippen LogP contribution in [-0.2, 0) is 4.79 Å². The van der Waals surface area contributed by atoms with Crippen molar-refractivity contribution >= 4 is 11.8 Å². The molecule has 2 aromatic rings. The van der Waals surface area contributed by atoms with E-state index in [9.17, 15) is 9.59 Å². The zero-order chi connectivity index (χ0) is 20.9. The molecule has 0 saturated carbocycles. The Morgan fingerprint density at radius 2 is 1.70 bits per heavy atom. The van der Waals surface area contributed by atoms with Crippen LogP contribution in [-0.4, -0.2) is 61.2 Å². The van der Waals surface area contributed by atoms with Gasteiger partial charge in [-0.25, -0.2) is 0 Å². The second-order valence-electron chi connectivity index (χ2n) is 7.46. The number of carbonyl (C=O) groups excluding carboxylic acids is 2. The first kappa shape index (κ1) is 20.1. The number of carbonyl (C=O) groups is 2. The van der Waals surface area contributed by atoms with E-state index in [4.69, 9.17) is 14.2 Å². The minimum atomic E-state index is -0.0490. The minimum Gasteiger partial charge on any atom is -0.493 e. The Morgan fingerprint density at radius 1 is 0.967 bits per heavy atom. The van der Waals surface area contributed by atoms with Crippen LogP contribution in [0.5, 0.6) is 17.2 Å². The summed E-state index contributed by atoms with van der Waals surface area (Å²) >= 11 is 0. The van der Waals surface area contributed by atoms with Gasteiger partial charge in [-0.1, -0.05) is 18.2 Å². The topological polar surface area (TPSA) is 68.3 Å². The van der Waals surface area contributed by atoms with Crippen molar-refractivity contribution < 1.29 is 23.8 Å². The molecule has 0 aliphatic carbocycles. The normalized spacial score (nSPS) is 15.2. The summed E-state index contributed by atoms with van der Waals surface area (Å²) in [5.74, 6) is 2.18. The average molecular weight is 410 g/mol. The second kappa shape index (κ2) is 9.07. The van der Waals surface area contributed by atoms with Crippen LogP contribution in [0, 0.1) is 6.92 Å². The number of fused-ring (bicyclic) bond motifs is 1. The lowest BCUT2D eigenvalue weighted by Crippen LogP contribution is -2.50. The van der Waals surface area contributed by atoms with E-state index in [1.165, 1.54) is 0 Å². The number of aryl methyl sites for hydroxylation is 1. The summed E-state index contributed by atoms with van der Waals surface area (Å²) in [6, 6.07) is 13.1. The highest BCUT2D eigenvalue weighted by Gasteiger charge is 2.26. The first-order valence-corrected chi connectivity index (χ1v) is 10.3. The molecule has 2 aromatic carbocycles. The van der Waals surface area contributed by atoms with E-state index in [2.05, 4.69) is 0 Å². The van der Waals surface area contributed by atoms with Gasteiger partial charge in [0.25, 0.3) is 5.91 Å². The number of amides is 2. The van der Waals surface area contributed by atoms with Crippen molar-refractivity contribution in [2.24, 2.45) is 0 Å². The van der Waals surface area contributed by atoms with Crippen LogP contribution in [0.1, 0.15) is 28.8 Å². The van der Waals surface area contributed by atoms with Crippen molar-refractivity contribution in [3.05, 3.63) is 53.6 Å². The van der Waals surface area contributed by atoms with Crippen LogP contribution in [0.25, 0.3) is 0 Å². The molecule has 1 saturated heterocycles. The average Bonchev–Trinajstić information content (AvgIpc) is 3.25. The summed E-state index contributed by atoms with van der Waals surface area (Å²) in [6.07, 6.45) is 1.12. The Labute approximate surface area is 176 Å². The molecule has 30 heavy (non-hydrogen) atoms. The molecule has 0 bridgehead atoms. The van der Waals surface area contributed by atoms with Crippen LogP contribution in [0.2, 0.25) is 0 Å². The number of ether oxygens (including phenoxy) is 3. The van der Waals surface area contributed by atoms with Crippen molar-refractivity contribution in [2.45, 2.75) is 19.8 Å². The Hall–Kier alpha value is -3.22. The van der Waals surface area contributed by atoms with Gasteiger partial charge in [0.2, 0.25) is 12.7 Å². The number of nitrogens with zero attached hydrogens (tertiary/aromatic N) is 2. The maximum Gasteiger partial charge on any atom is 0.254 e. The summed E-state index contributed by atoms with van der Waals surface area (Å²) in [5.41, 5.74) is 1.67. The van der Waals surface area contributed by atoms with Gasteiger partial charge in [-0.2, -0.15) is 0 Å². The zero-order valence-electron chi connectivity index (χ0n) is 17.1. The summed E-state index contributed by atoms with van der Waals surface area (Å²) in [4.78, 5) is 28.9. The van der Waals surface area contributed by atoms with Gasteiger partial charge >= 0.3 is 0 Å². The number of piperazine rings is 1. The number of para-hydroxylation sites is 1. The Bertz CT molecular complexity index is 922. The van der Waals surface area contributed by atoms with Crippen molar-refractivity contribution in [1.82, 2.24) is 9.80 Å². The fourth-order valence-electron chi connectivity index (χ4n) is 3.65. The van der Waals surface area contributed by atoms with Gasteiger partial charge in [0.15, 0.2) is 11.5 Å². The standard InChI is InChI=1S/C23H26N2O5/c1-17-5-2-3-6-19(17)28-14-4-7-22(26)24-10-12-25(13-11-24)23(27)18-8-9-20-21(15-18)30-16-29-20/h2-3,5-6,8-9,15H,4,7,10-14,16H2,1H3. The van der Waals surface area contributed by atoms with Crippen molar-refractivity contribution in [3.8, 4) is 17.2 Å². The first-order valence-electron chi connectivity index (χ1n) is 10.3. The van der Waals surface area contributed by atoms with E-state index in [-0.39, 0.29) is 18.6 Å². The highest BCUT2D eigenvalue weighted by Crippen LogP contribution is 2.32. The van der Waals surface area contributed by atoms with Crippen LogP contribution in [0.4, 0.5) is 0 Å². The number of benzene rings is 2. The van der Waals surface area contributed by atoms with Gasteiger partial charge in [0, 0.05) is 38.2 Å². The largest absolute Gasteiger partial charge is 0.493 e. The molecule has 7 nitrogen and oxygen atoms in total. The van der Waals surface area contributed by atoms with Gasteiger partial charge in [-0.3, -0.25) is 9.59 Å². The molecular formula is C23H26N2O5. The quantitative estimate of drug-likeness (QED) is 0.685. The predicted molar refractivity (Wildman–Crippen MR) is 111 cm³/mol. The molecule has 1 fully saturated rings. The van der Waals surface area contributed by atoms with E-state index >= 15 is 0 Å². The summed E-state index contributed by atoms with van der Waals surface area (Å²) in [7, 11) is 0. The molecule has 0 spiro atoms. The fourth-order valence-corrected chi connectivity index (χ4v) is 3.65. The highest BCUT2D eigenvalue weighted by atomic mass is 16.7. The lowest BCUT2D eigenvalue weighted by molar-refractivity contribution is -0.132. The highest BCUT2D eigenvalue weighted by molar-refractivity contribution is 5.95. The zero-order valence-corrected chi connectivity index (χ0v) is 17.1. The van der Waals surface area contributed by atoms with Crippen LogP contribution in [0.15, 0.2) is 42.5 Å². The Kier molecular flexibility index (Phi) is 6.07. The van der Waals surface area contributed by atoms with E-state index in [1.807, 2.05) is 36.1 Å². The van der Waals surface area contributed by atoms with Gasteiger partial charge in [-0.15, -0.1) is 0 Å². The molecule has 0 N–H and O–H groups in total. The summed E-state index contributed by atoms with van der Waals surface area (Å²) < 4.78 is 16.4. The monoisotopic (exact) mass is 410 g/mol. The molecule has 7 heteroatoms. The smallest absolute Gasteiger partial charge is 0.254 e. The molecule has 4 rings (SSSR count). The molecule has 0 aromatic heterocycles. The number of hydrogen-bond donors (Lipinski definition) is 0. The van der Waals surface area contributed by atoms with Crippen molar-refractivity contribution in [1.29, 1.82) is 0 Å². The van der Waals surface area contributed by atoms with Crippen LogP contribution in [0.3, 0.4) is 0 Å². The van der Waals surface area contributed by atoms with Crippen LogP contribution < -0.4 is 14.2 Å². The number of rotatable bonds is 6. The van der Waals surface area contributed by atoms with Gasteiger partial charge in [0.05, 0.1) is 6.61 Å². The first-order chi connectivity index (χ1) is 14.6. The summed E-state index contributed by atoms with van der Waals surface area (Å²) in [6.45, 7) is 4.85. The minimum absolute atomic E-state index is 0.0490.